The summed E-state index contributed by atoms with van der Waals surface area (Å²) in [7, 11) is 0. The first kappa shape index (κ1) is 14.7. The molecule has 1 unspecified atom stereocenters. The molecule has 6 nitrogen and oxygen atoms in total. The van der Waals surface area contributed by atoms with Gasteiger partial charge in [0.1, 0.15) is 5.82 Å². The summed E-state index contributed by atoms with van der Waals surface area (Å²) < 4.78 is 5.61. The van der Waals surface area contributed by atoms with Crippen LogP contribution in [0.3, 0.4) is 0 Å². The van der Waals surface area contributed by atoms with Crippen LogP contribution in [0.25, 0.3) is 0 Å². The van der Waals surface area contributed by atoms with Crippen LogP contribution >= 0.6 is 0 Å². The standard InChI is InChI=1S/C16H21N5O/c1-12-8-15(18-11-14-5-3-7-22-14)21-16(20-12)19-10-13-4-2-6-17-9-13/h2,4,6,8-9,14H,3,5,7,10-11H2,1H3,(H2,18,19,20,21). The van der Waals surface area contributed by atoms with Crippen LogP contribution in [-0.2, 0) is 11.3 Å². The zero-order chi connectivity index (χ0) is 15.2. The third-order valence-corrected chi connectivity index (χ3v) is 3.56. The van der Waals surface area contributed by atoms with Crippen molar-refractivity contribution >= 4 is 11.8 Å². The molecule has 2 aromatic heterocycles. The van der Waals surface area contributed by atoms with E-state index in [9.17, 15) is 0 Å². The van der Waals surface area contributed by atoms with Gasteiger partial charge in [-0.1, -0.05) is 6.07 Å². The molecule has 3 rings (SSSR count). The Kier molecular flexibility index (Phi) is 4.80. The van der Waals surface area contributed by atoms with Crippen LogP contribution in [0, 0.1) is 6.92 Å². The van der Waals surface area contributed by atoms with Gasteiger partial charge >= 0.3 is 0 Å². The predicted octanol–water partition coefficient (Wildman–Crippen LogP) is 2.38. The highest BCUT2D eigenvalue weighted by Crippen LogP contribution is 2.15. The summed E-state index contributed by atoms with van der Waals surface area (Å²) in [4.78, 5) is 13.0. The average molecular weight is 299 g/mol. The SMILES string of the molecule is Cc1cc(NCC2CCCO2)nc(NCc2cccnc2)n1. The molecule has 1 fully saturated rings. The van der Waals surface area contributed by atoms with E-state index in [1.807, 2.05) is 31.3 Å². The Morgan fingerprint density at radius 2 is 2.27 bits per heavy atom. The van der Waals surface area contributed by atoms with Crippen LogP contribution in [0.5, 0.6) is 0 Å². The number of ether oxygens (including phenoxy) is 1. The lowest BCUT2D eigenvalue weighted by molar-refractivity contribution is 0.120. The number of hydrogen-bond donors (Lipinski definition) is 2. The lowest BCUT2D eigenvalue weighted by Gasteiger charge is -2.13. The third-order valence-electron chi connectivity index (χ3n) is 3.56. The van der Waals surface area contributed by atoms with Gasteiger partial charge in [-0.3, -0.25) is 4.98 Å². The minimum absolute atomic E-state index is 0.294. The van der Waals surface area contributed by atoms with Crippen molar-refractivity contribution in [1.29, 1.82) is 0 Å². The molecule has 2 aromatic rings. The Morgan fingerprint density at radius 1 is 1.32 bits per heavy atom. The Hall–Kier alpha value is -2.21. The van der Waals surface area contributed by atoms with Crippen LogP contribution in [0.15, 0.2) is 30.6 Å². The second-order valence-electron chi connectivity index (χ2n) is 5.45. The highest BCUT2D eigenvalue weighted by atomic mass is 16.5. The van der Waals surface area contributed by atoms with E-state index in [1.54, 1.807) is 6.20 Å². The second kappa shape index (κ2) is 7.17. The van der Waals surface area contributed by atoms with Gasteiger partial charge in [-0.2, -0.15) is 4.98 Å². The summed E-state index contributed by atoms with van der Waals surface area (Å²) in [5, 5.41) is 6.57. The van der Waals surface area contributed by atoms with E-state index in [4.69, 9.17) is 4.74 Å². The summed E-state index contributed by atoms with van der Waals surface area (Å²) >= 11 is 0. The van der Waals surface area contributed by atoms with Crippen LogP contribution in [-0.4, -0.2) is 34.2 Å². The average Bonchev–Trinajstić information content (AvgIpc) is 3.05. The maximum atomic E-state index is 5.61. The molecule has 0 amide bonds. The van der Waals surface area contributed by atoms with Gasteiger partial charge in [-0.15, -0.1) is 0 Å². The number of pyridine rings is 1. The van der Waals surface area contributed by atoms with Crippen molar-refractivity contribution in [3.05, 3.63) is 41.9 Å². The number of aryl methyl sites for hydroxylation is 1. The molecule has 116 valence electrons. The Bertz CT molecular complexity index is 599. The summed E-state index contributed by atoms with van der Waals surface area (Å²) in [6.45, 7) is 4.28. The normalized spacial score (nSPS) is 17.4. The van der Waals surface area contributed by atoms with Gasteiger partial charge in [0, 0.05) is 43.9 Å². The van der Waals surface area contributed by atoms with Crippen molar-refractivity contribution in [2.75, 3.05) is 23.8 Å². The van der Waals surface area contributed by atoms with Gasteiger partial charge < -0.3 is 15.4 Å². The van der Waals surface area contributed by atoms with Crippen molar-refractivity contribution in [2.24, 2.45) is 0 Å². The topological polar surface area (TPSA) is 72.0 Å². The van der Waals surface area contributed by atoms with Crippen molar-refractivity contribution in [2.45, 2.75) is 32.4 Å². The van der Waals surface area contributed by atoms with Gasteiger partial charge in [0.15, 0.2) is 0 Å². The molecular weight excluding hydrogens is 278 g/mol. The molecular formula is C16H21N5O. The maximum absolute atomic E-state index is 5.61. The fourth-order valence-corrected chi connectivity index (χ4v) is 2.45. The minimum Gasteiger partial charge on any atom is -0.376 e. The molecule has 0 bridgehead atoms. The smallest absolute Gasteiger partial charge is 0.225 e. The number of nitrogens with one attached hydrogen (secondary N) is 2. The molecule has 1 atom stereocenters. The Morgan fingerprint density at radius 3 is 3.05 bits per heavy atom. The van der Waals surface area contributed by atoms with Gasteiger partial charge in [0.25, 0.3) is 0 Å². The molecule has 3 heterocycles. The lowest BCUT2D eigenvalue weighted by atomic mass is 10.2. The molecule has 0 aromatic carbocycles. The maximum Gasteiger partial charge on any atom is 0.225 e. The zero-order valence-electron chi connectivity index (χ0n) is 12.7. The van der Waals surface area contributed by atoms with E-state index in [0.29, 0.717) is 18.6 Å². The molecule has 0 radical (unpaired) electrons. The summed E-state index contributed by atoms with van der Waals surface area (Å²) in [5.74, 6) is 1.45. The highest BCUT2D eigenvalue weighted by Gasteiger charge is 2.15. The number of aromatic nitrogens is 3. The fourth-order valence-electron chi connectivity index (χ4n) is 2.45. The minimum atomic E-state index is 0.294. The van der Waals surface area contributed by atoms with Gasteiger partial charge in [0.05, 0.1) is 6.10 Å². The summed E-state index contributed by atoms with van der Waals surface area (Å²) in [6, 6.07) is 5.89. The van der Waals surface area contributed by atoms with Gasteiger partial charge in [-0.05, 0) is 31.4 Å². The first-order valence-electron chi connectivity index (χ1n) is 7.63. The Balaban J connectivity index is 1.59. The van der Waals surface area contributed by atoms with Crippen LogP contribution in [0.2, 0.25) is 0 Å². The number of rotatable bonds is 6. The summed E-state index contributed by atoms with van der Waals surface area (Å²) in [6.07, 6.45) is 6.15. The van der Waals surface area contributed by atoms with E-state index in [1.165, 1.54) is 0 Å². The molecule has 1 aliphatic heterocycles. The zero-order valence-corrected chi connectivity index (χ0v) is 12.7. The first-order valence-corrected chi connectivity index (χ1v) is 7.63. The molecule has 1 saturated heterocycles. The lowest BCUT2D eigenvalue weighted by Crippen LogP contribution is -2.19. The van der Waals surface area contributed by atoms with E-state index < -0.39 is 0 Å². The monoisotopic (exact) mass is 299 g/mol. The van der Waals surface area contributed by atoms with Crippen LogP contribution in [0.1, 0.15) is 24.1 Å². The van der Waals surface area contributed by atoms with E-state index in [0.717, 1.165) is 43.1 Å². The molecule has 0 spiro atoms. The first-order chi connectivity index (χ1) is 10.8. The molecule has 0 saturated carbocycles. The van der Waals surface area contributed by atoms with Crippen molar-refractivity contribution in [3.63, 3.8) is 0 Å². The number of hydrogen-bond acceptors (Lipinski definition) is 6. The second-order valence-corrected chi connectivity index (χ2v) is 5.45. The van der Waals surface area contributed by atoms with Crippen LogP contribution < -0.4 is 10.6 Å². The van der Waals surface area contributed by atoms with E-state index >= 15 is 0 Å². The predicted molar refractivity (Wildman–Crippen MR) is 85.8 cm³/mol. The van der Waals surface area contributed by atoms with Gasteiger partial charge in [-0.25, -0.2) is 4.98 Å². The van der Waals surface area contributed by atoms with Crippen molar-refractivity contribution in [1.82, 2.24) is 15.0 Å². The molecule has 1 aliphatic rings. The van der Waals surface area contributed by atoms with E-state index in [2.05, 4.69) is 25.6 Å². The van der Waals surface area contributed by atoms with Crippen molar-refractivity contribution in [3.8, 4) is 0 Å². The molecule has 22 heavy (non-hydrogen) atoms. The molecule has 2 N–H and O–H groups in total. The number of nitrogens with zero attached hydrogens (tertiary/aromatic N) is 3. The molecule has 0 aliphatic carbocycles. The molecule has 6 heteroatoms. The van der Waals surface area contributed by atoms with Gasteiger partial charge in [0.2, 0.25) is 5.95 Å². The largest absolute Gasteiger partial charge is 0.376 e. The number of anilines is 2. The highest BCUT2D eigenvalue weighted by molar-refractivity contribution is 5.42. The fraction of sp³-hybridized carbons (Fsp3) is 0.438. The quantitative estimate of drug-likeness (QED) is 0.853. The Labute approximate surface area is 130 Å². The third kappa shape index (κ3) is 4.14. The van der Waals surface area contributed by atoms with Crippen LogP contribution in [0.4, 0.5) is 11.8 Å². The van der Waals surface area contributed by atoms with Crippen molar-refractivity contribution < 1.29 is 4.74 Å². The van der Waals surface area contributed by atoms with E-state index in [-0.39, 0.29) is 0 Å². The summed E-state index contributed by atoms with van der Waals surface area (Å²) in [5.41, 5.74) is 2.03.